The lowest BCUT2D eigenvalue weighted by molar-refractivity contribution is 0.625. The molecule has 3 nitrogen and oxygen atoms in total. The molecule has 0 atom stereocenters. The van der Waals surface area contributed by atoms with Gasteiger partial charge >= 0.3 is 0 Å². The minimum Gasteiger partial charge on any atom is -0.279 e. The maximum Gasteiger partial charge on any atom is 0.132 e. The van der Waals surface area contributed by atoms with Crippen LogP contribution in [0.3, 0.4) is 0 Å². The minimum absolute atomic E-state index is 0.270. The van der Waals surface area contributed by atoms with E-state index < -0.39 is 0 Å². The van der Waals surface area contributed by atoms with Crippen molar-refractivity contribution in [1.82, 2.24) is 9.97 Å². The lowest BCUT2D eigenvalue weighted by Gasteiger charge is -2.10. The minimum atomic E-state index is -0.270. The molecular weight excluding hydrogens is 277 g/mol. The van der Waals surface area contributed by atoms with Gasteiger partial charge in [-0.05, 0) is 12.1 Å². The number of benzene rings is 2. The van der Waals surface area contributed by atoms with Crippen molar-refractivity contribution in [1.29, 1.82) is 0 Å². The quantitative estimate of drug-likeness (QED) is 0.686. The van der Waals surface area contributed by atoms with E-state index in [9.17, 15) is 4.39 Å². The highest BCUT2D eigenvalue weighted by molar-refractivity contribution is 6.16. The molecule has 0 fully saturated rings. The Morgan fingerprint density at radius 2 is 1.59 bits per heavy atom. The van der Waals surface area contributed by atoms with Gasteiger partial charge < -0.3 is 0 Å². The van der Waals surface area contributed by atoms with Crippen LogP contribution >= 0.6 is 0 Å². The predicted octanol–water partition coefficient (Wildman–Crippen LogP) is 3.63. The van der Waals surface area contributed by atoms with Crippen molar-refractivity contribution in [3.05, 3.63) is 83.6 Å². The summed E-state index contributed by atoms with van der Waals surface area (Å²) in [5.74, 6) is -0.270. The van der Waals surface area contributed by atoms with Crippen molar-refractivity contribution in [2.75, 3.05) is 0 Å². The van der Waals surface area contributed by atoms with Gasteiger partial charge in [-0.25, -0.2) is 14.4 Å². The molecule has 0 radical (unpaired) electrons. The summed E-state index contributed by atoms with van der Waals surface area (Å²) in [6, 6.07) is 14.5. The Bertz CT molecular complexity index is 887. The van der Waals surface area contributed by atoms with E-state index in [-0.39, 0.29) is 5.82 Å². The zero-order valence-electron chi connectivity index (χ0n) is 11.7. The molecule has 1 aliphatic rings. The summed E-state index contributed by atoms with van der Waals surface area (Å²) in [5.41, 5.74) is 4.83. The summed E-state index contributed by atoms with van der Waals surface area (Å²) >= 11 is 0. The molecule has 0 amide bonds. The molecule has 0 saturated heterocycles. The first-order chi connectivity index (χ1) is 10.8. The van der Waals surface area contributed by atoms with E-state index in [1.165, 1.54) is 12.4 Å². The molecule has 4 heteroatoms. The van der Waals surface area contributed by atoms with Crippen molar-refractivity contribution in [2.24, 2.45) is 4.99 Å². The third-order valence-corrected chi connectivity index (χ3v) is 3.76. The first kappa shape index (κ1) is 12.8. The maximum absolute atomic E-state index is 14.2. The molecule has 0 bridgehead atoms. The van der Waals surface area contributed by atoms with Crippen LogP contribution in [-0.4, -0.2) is 15.7 Å². The van der Waals surface area contributed by atoms with Crippen LogP contribution < -0.4 is 0 Å². The highest BCUT2D eigenvalue weighted by atomic mass is 19.1. The maximum atomic E-state index is 14.2. The predicted molar refractivity (Wildman–Crippen MR) is 83.2 cm³/mol. The number of halogens is 1. The first-order valence-corrected chi connectivity index (χ1v) is 7.02. The largest absolute Gasteiger partial charge is 0.279 e. The highest BCUT2D eigenvalue weighted by Crippen LogP contribution is 2.30. The summed E-state index contributed by atoms with van der Waals surface area (Å²) < 4.78 is 14.2. The average Bonchev–Trinajstić information content (AvgIpc) is 2.73. The van der Waals surface area contributed by atoms with Crippen LogP contribution in [0.4, 0.5) is 4.39 Å². The second-order valence-electron chi connectivity index (χ2n) is 5.09. The monoisotopic (exact) mass is 289 g/mol. The lowest BCUT2D eigenvalue weighted by atomic mass is 9.95. The van der Waals surface area contributed by atoms with Gasteiger partial charge in [0.25, 0.3) is 0 Å². The van der Waals surface area contributed by atoms with Crippen LogP contribution in [0.5, 0.6) is 0 Å². The van der Waals surface area contributed by atoms with Gasteiger partial charge in [0.2, 0.25) is 0 Å². The smallest absolute Gasteiger partial charge is 0.132 e. The van der Waals surface area contributed by atoms with Crippen molar-refractivity contribution in [3.63, 3.8) is 0 Å². The molecular formula is C18H12FN3. The van der Waals surface area contributed by atoms with E-state index >= 15 is 0 Å². The van der Waals surface area contributed by atoms with E-state index in [1.54, 1.807) is 18.3 Å². The molecule has 3 aromatic rings. The van der Waals surface area contributed by atoms with Gasteiger partial charge in [0.05, 0.1) is 18.0 Å². The van der Waals surface area contributed by atoms with Gasteiger partial charge in [-0.2, -0.15) is 0 Å². The van der Waals surface area contributed by atoms with Crippen LogP contribution in [-0.2, 0) is 6.54 Å². The summed E-state index contributed by atoms with van der Waals surface area (Å²) in [6.07, 6.45) is 3.30. The standard InChI is InChI=1S/C18H12FN3/c19-16-8-4-3-7-15(16)18-14-6-2-1-5-13(14)17-12(10-21-18)9-20-11-22-17/h1-9,11H,10H2. The molecule has 0 saturated carbocycles. The van der Waals surface area contributed by atoms with Crippen LogP contribution in [0.15, 0.2) is 66.0 Å². The number of fused-ring (bicyclic) bond motifs is 3. The summed E-state index contributed by atoms with van der Waals surface area (Å²) in [4.78, 5) is 13.1. The Morgan fingerprint density at radius 1 is 0.864 bits per heavy atom. The van der Waals surface area contributed by atoms with E-state index in [0.29, 0.717) is 17.8 Å². The Labute approximate surface area is 127 Å². The van der Waals surface area contributed by atoms with Gasteiger partial charge in [-0.1, -0.05) is 36.4 Å². The molecule has 0 N–H and O–H groups in total. The average molecular weight is 289 g/mol. The van der Waals surface area contributed by atoms with Crippen LogP contribution in [0.2, 0.25) is 0 Å². The first-order valence-electron chi connectivity index (χ1n) is 7.02. The fourth-order valence-electron chi connectivity index (χ4n) is 2.75. The normalized spacial score (nSPS) is 12.9. The number of hydrogen-bond donors (Lipinski definition) is 0. The SMILES string of the molecule is Fc1ccccc1C1=NCc2cncnc2-c2ccccc21. The molecule has 1 aromatic heterocycles. The van der Waals surface area contributed by atoms with Crippen LogP contribution in [0.25, 0.3) is 11.3 Å². The molecule has 4 rings (SSSR count). The number of nitrogens with zero attached hydrogens (tertiary/aromatic N) is 3. The Morgan fingerprint density at radius 3 is 2.41 bits per heavy atom. The van der Waals surface area contributed by atoms with E-state index in [4.69, 9.17) is 0 Å². The molecule has 2 heterocycles. The fraction of sp³-hybridized carbons (Fsp3) is 0.0556. The number of hydrogen-bond acceptors (Lipinski definition) is 3. The summed E-state index contributed by atoms with van der Waals surface area (Å²) in [6.45, 7) is 0.439. The summed E-state index contributed by atoms with van der Waals surface area (Å²) in [5, 5.41) is 0. The zero-order valence-corrected chi connectivity index (χ0v) is 11.7. The molecule has 0 unspecified atom stereocenters. The van der Waals surface area contributed by atoms with Gasteiger partial charge in [0.1, 0.15) is 12.1 Å². The second kappa shape index (κ2) is 5.15. The Hall–Kier alpha value is -2.88. The van der Waals surface area contributed by atoms with Gasteiger partial charge in [0.15, 0.2) is 0 Å². The van der Waals surface area contributed by atoms with E-state index in [0.717, 1.165) is 22.4 Å². The topological polar surface area (TPSA) is 38.1 Å². The summed E-state index contributed by atoms with van der Waals surface area (Å²) in [7, 11) is 0. The van der Waals surface area contributed by atoms with Crippen molar-refractivity contribution >= 4 is 5.71 Å². The molecule has 0 spiro atoms. The number of rotatable bonds is 1. The molecule has 0 aliphatic carbocycles. The Kier molecular flexibility index (Phi) is 3.00. The van der Waals surface area contributed by atoms with E-state index in [1.807, 2.05) is 30.3 Å². The molecule has 106 valence electrons. The third-order valence-electron chi connectivity index (χ3n) is 3.76. The van der Waals surface area contributed by atoms with Crippen molar-refractivity contribution in [2.45, 2.75) is 6.54 Å². The van der Waals surface area contributed by atoms with Gasteiger partial charge in [-0.3, -0.25) is 4.99 Å². The van der Waals surface area contributed by atoms with Crippen molar-refractivity contribution in [3.8, 4) is 11.3 Å². The third kappa shape index (κ3) is 2.00. The van der Waals surface area contributed by atoms with Crippen LogP contribution in [0.1, 0.15) is 16.7 Å². The van der Waals surface area contributed by atoms with Crippen molar-refractivity contribution < 1.29 is 4.39 Å². The molecule has 2 aromatic carbocycles. The lowest BCUT2D eigenvalue weighted by Crippen LogP contribution is -2.07. The van der Waals surface area contributed by atoms with Gasteiger partial charge in [0, 0.05) is 28.5 Å². The molecule has 22 heavy (non-hydrogen) atoms. The van der Waals surface area contributed by atoms with Crippen LogP contribution in [0, 0.1) is 5.82 Å². The number of aromatic nitrogens is 2. The number of aliphatic imine (C=N–C) groups is 1. The fourth-order valence-corrected chi connectivity index (χ4v) is 2.75. The highest BCUT2D eigenvalue weighted by Gasteiger charge is 2.21. The molecule has 1 aliphatic heterocycles. The Balaban J connectivity index is 2.00. The second-order valence-corrected chi connectivity index (χ2v) is 5.09. The van der Waals surface area contributed by atoms with E-state index in [2.05, 4.69) is 15.0 Å². The zero-order chi connectivity index (χ0) is 14.9. The van der Waals surface area contributed by atoms with Gasteiger partial charge in [-0.15, -0.1) is 0 Å².